The Bertz CT molecular complexity index is 448. The van der Waals surface area contributed by atoms with E-state index in [1.165, 1.54) is 9.90 Å². The van der Waals surface area contributed by atoms with Crippen molar-refractivity contribution in [3.63, 3.8) is 0 Å². The molecule has 0 atom stereocenters. The average molecular weight is 303 g/mol. The first-order valence-electron chi connectivity index (χ1n) is 4.52. The van der Waals surface area contributed by atoms with E-state index in [0.717, 1.165) is 15.9 Å². The molecule has 0 aliphatic heterocycles. The van der Waals surface area contributed by atoms with Crippen LogP contribution in [0, 0.1) is 6.92 Å². The maximum Gasteiger partial charge on any atom is 0.0738 e. The Hall–Kier alpha value is -0.260. The first kappa shape index (κ1) is 11.2. The maximum absolute atomic E-state index is 4.37. The molecule has 0 N–H and O–H groups in total. The maximum atomic E-state index is 4.37. The smallest absolute Gasteiger partial charge is 0.0738 e. The predicted octanol–water partition coefficient (Wildman–Crippen LogP) is 3.84. The second-order valence-electron chi connectivity index (χ2n) is 3.19. The summed E-state index contributed by atoms with van der Waals surface area (Å²) in [5.74, 6) is 0.957. The van der Waals surface area contributed by atoms with Crippen molar-refractivity contribution in [2.45, 2.75) is 16.9 Å². The minimum absolute atomic E-state index is 0.957. The Kier molecular flexibility index (Phi) is 3.53. The van der Waals surface area contributed by atoms with Gasteiger partial charge in [-0.25, -0.2) is 0 Å². The van der Waals surface area contributed by atoms with Crippen LogP contribution < -0.4 is 0 Å². The van der Waals surface area contributed by atoms with E-state index in [4.69, 9.17) is 0 Å². The highest BCUT2D eigenvalue weighted by Gasteiger charge is 2.10. The summed E-state index contributed by atoms with van der Waals surface area (Å²) < 4.78 is 4.43. The van der Waals surface area contributed by atoms with Crippen LogP contribution in [0.2, 0.25) is 0 Å². The lowest BCUT2D eigenvalue weighted by atomic mass is 10.4. The molecule has 0 aliphatic rings. The third-order valence-electron chi connectivity index (χ3n) is 2.11. The summed E-state index contributed by atoms with van der Waals surface area (Å²) in [6, 6.07) is 4.23. The fourth-order valence-corrected chi connectivity index (χ4v) is 3.83. The van der Waals surface area contributed by atoms with Crippen molar-refractivity contribution >= 4 is 39.0 Å². The van der Waals surface area contributed by atoms with Gasteiger partial charge in [0.1, 0.15) is 0 Å². The molecule has 2 nitrogen and oxygen atoms in total. The van der Waals surface area contributed by atoms with Gasteiger partial charge in [-0.05, 0) is 34.3 Å². The van der Waals surface area contributed by atoms with E-state index in [1.807, 2.05) is 30.4 Å². The van der Waals surface area contributed by atoms with Gasteiger partial charge in [0.2, 0.25) is 0 Å². The summed E-state index contributed by atoms with van der Waals surface area (Å²) in [4.78, 5) is 0. The number of aromatic nitrogens is 2. The molecular weight excluding hydrogens is 292 g/mol. The minimum Gasteiger partial charge on any atom is -0.270 e. The van der Waals surface area contributed by atoms with Crippen LogP contribution in [0.1, 0.15) is 11.4 Å². The van der Waals surface area contributed by atoms with Gasteiger partial charge in [-0.1, -0.05) is 6.07 Å². The quantitative estimate of drug-likeness (QED) is 0.802. The predicted molar refractivity (Wildman–Crippen MR) is 69.5 cm³/mol. The first-order valence-corrected chi connectivity index (χ1v) is 7.18. The van der Waals surface area contributed by atoms with Gasteiger partial charge in [0, 0.05) is 12.8 Å². The molecule has 0 spiro atoms. The fraction of sp³-hybridized carbons (Fsp3) is 0.300. The molecule has 0 aromatic carbocycles. The number of halogens is 1. The van der Waals surface area contributed by atoms with Crippen molar-refractivity contribution in [2.24, 2.45) is 7.05 Å². The van der Waals surface area contributed by atoms with Crippen LogP contribution in [0.4, 0.5) is 0 Å². The van der Waals surface area contributed by atoms with Crippen molar-refractivity contribution in [3.8, 4) is 0 Å². The molecule has 0 aliphatic carbocycles. The Labute approximate surface area is 106 Å². The highest BCUT2D eigenvalue weighted by atomic mass is 79.9. The summed E-state index contributed by atoms with van der Waals surface area (Å²) in [6.07, 6.45) is 0. The van der Waals surface area contributed by atoms with Crippen molar-refractivity contribution in [1.82, 2.24) is 9.78 Å². The average Bonchev–Trinajstić information content (AvgIpc) is 2.76. The van der Waals surface area contributed by atoms with E-state index in [-0.39, 0.29) is 0 Å². The third-order valence-corrected chi connectivity index (χ3v) is 5.28. The molecule has 2 heterocycles. The van der Waals surface area contributed by atoms with Crippen LogP contribution in [0.5, 0.6) is 0 Å². The summed E-state index contributed by atoms with van der Waals surface area (Å²) in [5.41, 5.74) is 2.30. The van der Waals surface area contributed by atoms with Crippen molar-refractivity contribution in [1.29, 1.82) is 0 Å². The van der Waals surface area contributed by atoms with Crippen LogP contribution in [0.15, 0.2) is 26.2 Å². The van der Waals surface area contributed by atoms with Crippen LogP contribution >= 0.6 is 39.0 Å². The lowest BCUT2D eigenvalue weighted by molar-refractivity contribution is 0.727. The van der Waals surface area contributed by atoms with Gasteiger partial charge in [0.15, 0.2) is 0 Å². The molecule has 0 fully saturated rings. The normalized spacial score (nSPS) is 10.9. The van der Waals surface area contributed by atoms with E-state index in [2.05, 4.69) is 38.5 Å². The van der Waals surface area contributed by atoms with Crippen LogP contribution in [-0.2, 0) is 12.8 Å². The molecule has 2 aromatic heterocycles. The second-order valence-corrected chi connectivity index (χ2v) is 6.21. The standard InChI is InChI=1S/C10H11BrN2S2/c1-7-10(11)8(13(2)12-7)6-15-9-4-3-5-14-9/h3-5H,6H2,1-2H3. The summed E-state index contributed by atoms with van der Waals surface area (Å²) in [5, 5.41) is 6.47. The van der Waals surface area contributed by atoms with Crippen molar-refractivity contribution in [2.75, 3.05) is 0 Å². The van der Waals surface area contributed by atoms with E-state index in [9.17, 15) is 0 Å². The first-order chi connectivity index (χ1) is 7.18. The van der Waals surface area contributed by atoms with Gasteiger partial charge in [0.05, 0.1) is 20.1 Å². The number of hydrogen-bond acceptors (Lipinski definition) is 3. The molecule has 15 heavy (non-hydrogen) atoms. The largest absolute Gasteiger partial charge is 0.270 e. The number of thiophene rings is 1. The van der Waals surface area contributed by atoms with E-state index in [0.29, 0.717) is 0 Å². The molecule has 0 amide bonds. The number of aryl methyl sites for hydroxylation is 2. The highest BCUT2D eigenvalue weighted by molar-refractivity contribution is 9.10. The Balaban J connectivity index is 2.11. The number of rotatable bonds is 3. The zero-order chi connectivity index (χ0) is 10.8. The van der Waals surface area contributed by atoms with Crippen molar-refractivity contribution < 1.29 is 0 Å². The topological polar surface area (TPSA) is 17.8 Å². The van der Waals surface area contributed by atoms with E-state index < -0.39 is 0 Å². The number of thioether (sulfide) groups is 1. The molecule has 2 rings (SSSR count). The molecule has 2 aromatic rings. The Morgan fingerprint density at radius 1 is 1.60 bits per heavy atom. The van der Waals surface area contributed by atoms with Gasteiger partial charge >= 0.3 is 0 Å². The highest BCUT2D eigenvalue weighted by Crippen LogP contribution is 2.30. The van der Waals surface area contributed by atoms with Gasteiger partial charge in [0.25, 0.3) is 0 Å². The number of hydrogen-bond donors (Lipinski definition) is 0. The summed E-state index contributed by atoms with van der Waals surface area (Å²) in [7, 11) is 1.99. The van der Waals surface area contributed by atoms with Crippen LogP contribution in [-0.4, -0.2) is 9.78 Å². The molecule has 0 unspecified atom stereocenters. The van der Waals surface area contributed by atoms with Crippen molar-refractivity contribution in [3.05, 3.63) is 33.4 Å². The SMILES string of the molecule is Cc1nn(C)c(CSc2cccs2)c1Br. The molecule has 5 heteroatoms. The van der Waals surface area contributed by atoms with Gasteiger partial charge in [-0.3, -0.25) is 4.68 Å². The van der Waals surface area contributed by atoms with Crippen LogP contribution in [0.25, 0.3) is 0 Å². The zero-order valence-corrected chi connectivity index (χ0v) is 11.7. The molecule has 0 saturated heterocycles. The molecular formula is C10H11BrN2S2. The lowest BCUT2D eigenvalue weighted by Gasteiger charge is -2.00. The van der Waals surface area contributed by atoms with Gasteiger partial charge in [-0.15, -0.1) is 23.1 Å². The van der Waals surface area contributed by atoms with E-state index >= 15 is 0 Å². The number of nitrogens with zero attached hydrogens (tertiary/aromatic N) is 2. The Morgan fingerprint density at radius 3 is 2.93 bits per heavy atom. The summed E-state index contributed by atoms with van der Waals surface area (Å²) >= 11 is 7.20. The zero-order valence-electron chi connectivity index (χ0n) is 8.53. The molecule has 80 valence electrons. The van der Waals surface area contributed by atoms with E-state index in [1.54, 1.807) is 11.3 Å². The van der Waals surface area contributed by atoms with Gasteiger partial charge in [-0.2, -0.15) is 5.10 Å². The second kappa shape index (κ2) is 4.72. The minimum atomic E-state index is 0.957. The molecule has 0 radical (unpaired) electrons. The molecule has 0 saturated carbocycles. The van der Waals surface area contributed by atoms with Crippen LogP contribution in [0.3, 0.4) is 0 Å². The lowest BCUT2D eigenvalue weighted by Crippen LogP contribution is -1.96. The third kappa shape index (κ3) is 2.46. The summed E-state index contributed by atoms with van der Waals surface area (Å²) in [6.45, 7) is 2.02. The van der Waals surface area contributed by atoms with Gasteiger partial charge < -0.3 is 0 Å². The fourth-order valence-electron chi connectivity index (χ4n) is 1.32. The Morgan fingerprint density at radius 2 is 2.40 bits per heavy atom. The monoisotopic (exact) mass is 302 g/mol. The molecule has 0 bridgehead atoms.